The third-order valence-electron chi connectivity index (χ3n) is 3.09. The molecule has 0 atom stereocenters. The fourth-order valence-corrected chi connectivity index (χ4v) is 1.97. The van der Waals surface area contributed by atoms with E-state index >= 15 is 0 Å². The van der Waals surface area contributed by atoms with E-state index in [1.165, 1.54) is 12.7 Å². The van der Waals surface area contributed by atoms with Gasteiger partial charge in [0.25, 0.3) is 0 Å². The Kier molecular flexibility index (Phi) is 4.41. The molecule has 0 heterocycles. The lowest BCUT2D eigenvalue weighted by Gasteiger charge is -2.13. The summed E-state index contributed by atoms with van der Waals surface area (Å²) in [6.45, 7) is 4.29. The van der Waals surface area contributed by atoms with Gasteiger partial charge in [-0.3, -0.25) is 5.41 Å². The molecule has 3 heteroatoms. The van der Waals surface area contributed by atoms with Gasteiger partial charge in [0.1, 0.15) is 11.5 Å². The number of rotatable bonds is 4. The minimum atomic E-state index is 0.152. The quantitative estimate of drug-likeness (QED) is 0.652. The number of ether oxygens (including phenoxy) is 2. The molecular formula is C17H19NO2. The zero-order valence-corrected chi connectivity index (χ0v) is 12.0. The molecule has 0 spiro atoms. The van der Waals surface area contributed by atoms with Crippen LogP contribution in [0.4, 0.5) is 0 Å². The molecule has 3 nitrogen and oxygen atoms in total. The maximum Gasteiger partial charge on any atom is 0.212 e. The zero-order chi connectivity index (χ0) is 14.5. The second-order valence-electron chi connectivity index (χ2n) is 4.85. The van der Waals surface area contributed by atoms with E-state index in [0.717, 1.165) is 17.1 Å². The molecule has 0 aliphatic heterocycles. The van der Waals surface area contributed by atoms with Crippen LogP contribution in [0, 0.1) is 5.41 Å². The van der Waals surface area contributed by atoms with Crippen molar-refractivity contribution >= 4 is 5.90 Å². The lowest BCUT2D eigenvalue weighted by molar-refractivity contribution is 0.401. The van der Waals surface area contributed by atoms with Crippen molar-refractivity contribution < 1.29 is 9.47 Å². The van der Waals surface area contributed by atoms with Crippen molar-refractivity contribution in [2.24, 2.45) is 0 Å². The maximum atomic E-state index is 7.60. The molecule has 0 saturated carbocycles. The van der Waals surface area contributed by atoms with E-state index < -0.39 is 0 Å². The van der Waals surface area contributed by atoms with E-state index in [2.05, 4.69) is 19.9 Å². The molecule has 0 aliphatic rings. The van der Waals surface area contributed by atoms with Gasteiger partial charge in [0.15, 0.2) is 0 Å². The normalized spacial score (nSPS) is 10.4. The fourth-order valence-electron chi connectivity index (χ4n) is 1.97. The van der Waals surface area contributed by atoms with Crippen molar-refractivity contribution in [3.8, 4) is 11.5 Å². The van der Waals surface area contributed by atoms with Crippen LogP contribution in [0.15, 0.2) is 48.5 Å². The van der Waals surface area contributed by atoms with Gasteiger partial charge in [-0.2, -0.15) is 0 Å². The number of methoxy groups -OCH3 is 1. The Morgan fingerprint density at radius 1 is 1.00 bits per heavy atom. The molecular weight excluding hydrogens is 250 g/mol. The lowest BCUT2D eigenvalue weighted by Crippen LogP contribution is -2.00. The molecule has 0 aromatic heterocycles. The van der Waals surface area contributed by atoms with Crippen molar-refractivity contribution in [3.05, 3.63) is 59.7 Å². The van der Waals surface area contributed by atoms with Gasteiger partial charge < -0.3 is 9.47 Å². The standard InChI is InChI=1S/C17H19NO2/c1-12(2)15-6-4-5-7-16(15)20-14-10-8-13(9-11-14)17(18)19-3/h4-12,18H,1-3H3. The lowest BCUT2D eigenvalue weighted by atomic mass is 10.0. The highest BCUT2D eigenvalue weighted by atomic mass is 16.5. The van der Waals surface area contributed by atoms with Crippen molar-refractivity contribution in [1.82, 2.24) is 0 Å². The van der Waals surface area contributed by atoms with Crippen molar-refractivity contribution in [2.45, 2.75) is 19.8 Å². The van der Waals surface area contributed by atoms with Gasteiger partial charge in [0.05, 0.1) is 7.11 Å². The number of hydrogen-bond donors (Lipinski definition) is 1. The molecule has 20 heavy (non-hydrogen) atoms. The summed E-state index contributed by atoms with van der Waals surface area (Å²) in [5.41, 5.74) is 1.92. The molecule has 2 aromatic rings. The summed E-state index contributed by atoms with van der Waals surface area (Å²) < 4.78 is 10.8. The minimum absolute atomic E-state index is 0.152. The fraction of sp³-hybridized carbons (Fsp3) is 0.235. The van der Waals surface area contributed by atoms with Gasteiger partial charge in [-0.25, -0.2) is 0 Å². The summed E-state index contributed by atoms with van der Waals surface area (Å²) in [6, 6.07) is 15.4. The second-order valence-corrected chi connectivity index (χ2v) is 4.85. The molecule has 0 aliphatic carbocycles. The number of para-hydroxylation sites is 1. The smallest absolute Gasteiger partial charge is 0.212 e. The highest BCUT2D eigenvalue weighted by Gasteiger charge is 2.08. The number of nitrogens with one attached hydrogen (secondary N) is 1. The first-order valence-electron chi connectivity index (χ1n) is 6.61. The molecule has 104 valence electrons. The maximum absolute atomic E-state index is 7.60. The number of hydrogen-bond acceptors (Lipinski definition) is 3. The molecule has 0 bridgehead atoms. The third-order valence-corrected chi connectivity index (χ3v) is 3.09. The largest absolute Gasteiger partial charge is 0.481 e. The predicted octanol–water partition coefficient (Wildman–Crippen LogP) is 4.57. The minimum Gasteiger partial charge on any atom is -0.481 e. The Balaban J connectivity index is 2.20. The molecule has 0 amide bonds. The van der Waals surface area contributed by atoms with Gasteiger partial charge in [-0.15, -0.1) is 0 Å². The average Bonchev–Trinajstić information content (AvgIpc) is 2.47. The summed E-state index contributed by atoms with van der Waals surface area (Å²) in [7, 11) is 1.49. The Morgan fingerprint density at radius 3 is 2.25 bits per heavy atom. The SMILES string of the molecule is COC(=N)c1ccc(Oc2ccccc2C(C)C)cc1. The van der Waals surface area contributed by atoms with E-state index in [1.807, 2.05) is 42.5 Å². The van der Waals surface area contributed by atoms with Crippen molar-refractivity contribution in [2.75, 3.05) is 7.11 Å². The van der Waals surface area contributed by atoms with Crippen LogP contribution >= 0.6 is 0 Å². The molecule has 1 N–H and O–H groups in total. The first-order chi connectivity index (χ1) is 9.61. The topological polar surface area (TPSA) is 42.3 Å². The van der Waals surface area contributed by atoms with Crippen LogP contribution in [0.25, 0.3) is 0 Å². The van der Waals surface area contributed by atoms with E-state index in [9.17, 15) is 0 Å². The van der Waals surface area contributed by atoms with Crippen LogP contribution in [0.2, 0.25) is 0 Å². The van der Waals surface area contributed by atoms with Crippen LogP contribution in [0.1, 0.15) is 30.9 Å². The van der Waals surface area contributed by atoms with Crippen molar-refractivity contribution in [3.63, 3.8) is 0 Å². The molecule has 0 unspecified atom stereocenters. The van der Waals surface area contributed by atoms with E-state index in [-0.39, 0.29) is 5.90 Å². The van der Waals surface area contributed by atoms with Gasteiger partial charge in [-0.1, -0.05) is 32.0 Å². The summed E-state index contributed by atoms with van der Waals surface area (Å²) in [5, 5.41) is 7.60. The van der Waals surface area contributed by atoms with Gasteiger partial charge in [-0.05, 0) is 41.8 Å². The molecule has 0 saturated heterocycles. The van der Waals surface area contributed by atoms with Gasteiger partial charge >= 0.3 is 0 Å². The average molecular weight is 269 g/mol. The van der Waals surface area contributed by atoms with Crippen LogP contribution < -0.4 is 4.74 Å². The number of benzene rings is 2. The third kappa shape index (κ3) is 3.18. The highest BCUT2D eigenvalue weighted by molar-refractivity contribution is 5.91. The molecule has 2 rings (SSSR count). The summed E-state index contributed by atoms with van der Waals surface area (Å²) in [5.74, 6) is 2.19. The first-order valence-corrected chi connectivity index (χ1v) is 6.61. The molecule has 0 fully saturated rings. The second kappa shape index (κ2) is 6.24. The Morgan fingerprint density at radius 2 is 1.65 bits per heavy atom. The van der Waals surface area contributed by atoms with E-state index in [0.29, 0.717) is 5.92 Å². The van der Waals surface area contributed by atoms with Gasteiger partial charge in [0.2, 0.25) is 5.90 Å². The van der Waals surface area contributed by atoms with E-state index in [1.54, 1.807) is 0 Å². The summed E-state index contributed by atoms with van der Waals surface area (Å²) in [6.07, 6.45) is 0. The molecule has 0 radical (unpaired) electrons. The Bertz CT molecular complexity index is 588. The van der Waals surface area contributed by atoms with E-state index in [4.69, 9.17) is 14.9 Å². The summed E-state index contributed by atoms with van der Waals surface area (Å²) in [4.78, 5) is 0. The Labute approximate surface area is 119 Å². The van der Waals surface area contributed by atoms with Crippen LogP contribution in [-0.4, -0.2) is 13.0 Å². The first kappa shape index (κ1) is 14.1. The zero-order valence-electron chi connectivity index (χ0n) is 12.0. The summed E-state index contributed by atoms with van der Waals surface area (Å²) >= 11 is 0. The Hall–Kier alpha value is -2.29. The molecule has 2 aromatic carbocycles. The van der Waals surface area contributed by atoms with Crippen molar-refractivity contribution in [1.29, 1.82) is 5.41 Å². The monoisotopic (exact) mass is 269 g/mol. The van der Waals surface area contributed by atoms with Gasteiger partial charge in [0, 0.05) is 5.56 Å². The van der Waals surface area contributed by atoms with Crippen LogP contribution in [0.3, 0.4) is 0 Å². The predicted molar refractivity (Wildman–Crippen MR) is 80.9 cm³/mol. The van der Waals surface area contributed by atoms with Crippen LogP contribution in [0.5, 0.6) is 11.5 Å². The highest BCUT2D eigenvalue weighted by Crippen LogP contribution is 2.30. The van der Waals surface area contributed by atoms with Crippen LogP contribution in [-0.2, 0) is 4.74 Å².